The average Bonchev–Trinajstić information content (AvgIpc) is 2.83. The van der Waals surface area contributed by atoms with Crippen molar-refractivity contribution in [1.29, 1.82) is 0 Å². The van der Waals surface area contributed by atoms with E-state index in [1.54, 1.807) is 6.26 Å². The standard InChI is InChI=1S/C13H17NO2/c1-4-11-7-10(9-15-11)13-6-5-12(16-13)8-14(2)3/h5-7,9H,4,8H2,1-3H3. The molecule has 0 saturated carbocycles. The smallest absolute Gasteiger partial charge is 0.137 e. The molecule has 0 aliphatic rings. The van der Waals surface area contributed by atoms with Crippen molar-refractivity contribution in [3.8, 4) is 11.3 Å². The van der Waals surface area contributed by atoms with Crippen molar-refractivity contribution in [1.82, 2.24) is 4.90 Å². The fourth-order valence-corrected chi connectivity index (χ4v) is 1.62. The third-order valence-corrected chi connectivity index (χ3v) is 2.42. The van der Waals surface area contributed by atoms with E-state index in [0.717, 1.165) is 35.8 Å². The maximum absolute atomic E-state index is 5.74. The molecular weight excluding hydrogens is 202 g/mol. The van der Waals surface area contributed by atoms with E-state index in [2.05, 4.69) is 11.8 Å². The highest BCUT2D eigenvalue weighted by Gasteiger charge is 2.08. The molecule has 0 fully saturated rings. The fraction of sp³-hybridized carbons (Fsp3) is 0.385. The molecule has 0 unspecified atom stereocenters. The van der Waals surface area contributed by atoms with Gasteiger partial charge in [-0.1, -0.05) is 6.92 Å². The van der Waals surface area contributed by atoms with Crippen LogP contribution in [0.4, 0.5) is 0 Å². The van der Waals surface area contributed by atoms with Crippen molar-refractivity contribution in [2.45, 2.75) is 19.9 Å². The minimum atomic E-state index is 0.818. The highest BCUT2D eigenvalue weighted by Crippen LogP contribution is 2.24. The number of hydrogen-bond acceptors (Lipinski definition) is 3. The summed E-state index contributed by atoms with van der Waals surface area (Å²) < 4.78 is 11.1. The molecule has 0 saturated heterocycles. The summed E-state index contributed by atoms with van der Waals surface area (Å²) in [6.45, 7) is 2.89. The van der Waals surface area contributed by atoms with Gasteiger partial charge in [-0.15, -0.1) is 0 Å². The molecule has 16 heavy (non-hydrogen) atoms. The lowest BCUT2D eigenvalue weighted by Gasteiger charge is -2.05. The van der Waals surface area contributed by atoms with E-state index in [1.807, 2.05) is 32.3 Å². The van der Waals surface area contributed by atoms with Gasteiger partial charge in [0.25, 0.3) is 0 Å². The van der Waals surface area contributed by atoms with Gasteiger partial charge < -0.3 is 13.7 Å². The normalized spacial score (nSPS) is 11.2. The van der Waals surface area contributed by atoms with E-state index in [0.29, 0.717) is 0 Å². The van der Waals surface area contributed by atoms with Crippen LogP contribution in [0.25, 0.3) is 11.3 Å². The summed E-state index contributed by atoms with van der Waals surface area (Å²) in [4.78, 5) is 2.08. The molecule has 3 heteroatoms. The number of rotatable bonds is 4. The van der Waals surface area contributed by atoms with Crippen molar-refractivity contribution < 1.29 is 8.83 Å². The molecule has 0 aliphatic heterocycles. The fourth-order valence-electron chi connectivity index (χ4n) is 1.62. The highest BCUT2D eigenvalue weighted by atomic mass is 16.4. The van der Waals surface area contributed by atoms with Gasteiger partial charge in [-0.3, -0.25) is 0 Å². The maximum Gasteiger partial charge on any atom is 0.137 e. The SMILES string of the molecule is CCc1cc(-c2ccc(CN(C)C)o2)co1. The van der Waals surface area contributed by atoms with E-state index < -0.39 is 0 Å². The Labute approximate surface area is 95.7 Å². The predicted octanol–water partition coefficient (Wildman–Crippen LogP) is 3.16. The Hall–Kier alpha value is -1.48. The summed E-state index contributed by atoms with van der Waals surface area (Å²) >= 11 is 0. The zero-order chi connectivity index (χ0) is 11.5. The van der Waals surface area contributed by atoms with Gasteiger partial charge in [-0.05, 0) is 32.3 Å². The molecule has 2 rings (SSSR count). The van der Waals surface area contributed by atoms with Crippen LogP contribution in [0, 0.1) is 0 Å². The number of aryl methyl sites for hydroxylation is 1. The molecule has 0 amide bonds. The Morgan fingerprint density at radius 2 is 2.00 bits per heavy atom. The van der Waals surface area contributed by atoms with Gasteiger partial charge in [0.15, 0.2) is 0 Å². The molecule has 3 nitrogen and oxygen atoms in total. The van der Waals surface area contributed by atoms with Crippen molar-refractivity contribution >= 4 is 0 Å². The third kappa shape index (κ3) is 2.36. The molecule has 2 aromatic heterocycles. The van der Waals surface area contributed by atoms with Crippen LogP contribution in [-0.2, 0) is 13.0 Å². The first kappa shape index (κ1) is 11.0. The summed E-state index contributed by atoms with van der Waals surface area (Å²) in [5.41, 5.74) is 1.02. The Morgan fingerprint density at radius 1 is 1.19 bits per heavy atom. The average molecular weight is 219 g/mol. The van der Waals surface area contributed by atoms with Crippen molar-refractivity contribution in [2.24, 2.45) is 0 Å². The lowest BCUT2D eigenvalue weighted by atomic mass is 10.2. The zero-order valence-corrected chi connectivity index (χ0v) is 9.99. The van der Waals surface area contributed by atoms with E-state index in [9.17, 15) is 0 Å². The van der Waals surface area contributed by atoms with Gasteiger partial charge in [0, 0.05) is 6.42 Å². The predicted molar refractivity (Wildman–Crippen MR) is 63.2 cm³/mol. The van der Waals surface area contributed by atoms with Crippen LogP contribution in [0.15, 0.2) is 33.3 Å². The quantitative estimate of drug-likeness (QED) is 0.791. The molecule has 0 spiro atoms. The first-order valence-corrected chi connectivity index (χ1v) is 5.50. The Morgan fingerprint density at radius 3 is 2.62 bits per heavy atom. The molecule has 0 radical (unpaired) electrons. The largest absolute Gasteiger partial charge is 0.469 e. The lowest BCUT2D eigenvalue weighted by Crippen LogP contribution is -2.09. The van der Waals surface area contributed by atoms with E-state index >= 15 is 0 Å². The van der Waals surface area contributed by atoms with E-state index in [-0.39, 0.29) is 0 Å². The van der Waals surface area contributed by atoms with Crippen LogP contribution in [0.1, 0.15) is 18.4 Å². The number of hydrogen-bond donors (Lipinski definition) is 0. The van der Waals surface area contributed by atoms with E-state index in [4.69, 9.17) is 8.83 Å². The molecule has 0 aliphatic carbocycles. The third-order valence-electron chi connectivity index (χ3n) is 2.42. The zero-order valence-electron chi connectivity index (χ0n) is 9.99. The van der Waals surface area contributed by atoms with Crippen molar-refractivity contribution in [3.05, 3.63) is 36.0 Å². The molecule has 0 N–H and O–H groups in total. The molecular formula is C13H17NO2. The summed E-state index contributed by atoms with van der Waals surface area (Å²) in [5.74, 6) is 2.83. The first-order chi connectivity index (χ1) is 7.69. The minimum absolute atomic E-state index is 0.818. The summed E-state index contributed by atoms with van der Waals surface area (Å²) in [7, 11) is 4.05. The second-order valence-electron chi connectivity index (χ2n) is 4.16. The van der Waals surface area contributed by atoms with Crippen LogP contribution in [0.2, 0.25) is 0 Å². The van der Waals surface area contributed by atoms with Crippen LogP contribution >= 0.6 is 0 Å². The Bertz CT molecular complexity index is 454. The number of furan rings is 2. The van der Waals surface area contributed by atoms with Crippen molar-refractivity contribution in [3.63, 3.8) is 0 Å². The van der Waals surface area contributed by atoms with Gasteiger partial charge in [0.1, 0.15) is 23.5 Å². The Balaban J connectivity index is 2.17. The van der Waals surface area contributed by atoms with E-state index in [1.165, 1.54) is 0 Å². The van der Waals surface area contributed by atoms with Crippen LogP contribution in [0.3, 0.4) is 0 Å². The van der Waals surface area contributed by atoms with Gasteiger partial charge in [0.2, 0.25) is 0 Å². The monoisotopic (exact) mass is 219 g/mol. The molecule has 2 heterocycles. The number of nitrogens with zero attached hydrogens (tertiary/aromatic N) is 1. The molecule has 0 atom stereocenters. The van der Waals surface area contributed by atoms with Crippen LogP contribution in [-0.4, -0.2) is 19.0 Å². The van der Waals surface area contributed by atoms with Gasteiger partial charge in [-0.25, -0.2) is 0 Å². The minimum Gasteiger partial charge on any atom is -0.469 e. The molecule has 0 aromatic carbocycles. The topological polar surface area (TPSA) is 29.5 Å². The van der Waals surface area contributed by atoms with Crippen LogP contribution < -0.4 is 0 Å². The maximum atomic E-state index is 5.74. The second kappa shape index (κ2) is 4.58. The molecule has 86 valence electrons. The summed E-state index contributed by atoms with van der Waals surface area (Å²) in [6.07, 6.45) is 2.66. The van der Waals surface area contributed by atoms with Gasteiger partial charge in [-0.2, -0.15) is 0 Å². The second-order valence-corrected chi connectivity index (χ2v) is 4.16. The van der Waals surface area contributed by atoms with Gasteiger partial charge >= 0.3 is 0 Å². The first-order valence-electron chi connectivity index (χ1n) is 5.50. The summed E-state index contributed by atoms with van der Waals surface area (Å²) in [6, 6.07) is 6.02. The summed E-state index contributed by atoms with van der Waals surface area (Å²) in [5, 5.41) is 0. The molecule has 2 aromatic rings. The highest BCUT2D eigenvalue weighted by molar-refractivity contribution is 5.56. The lowest BCUT2D eigenvalue weighted by molar-refractivity contribution is 0.353. The van der Waals surface area contributed by atoms with Crippen LogP contribution in [0.5, 0.6) is 0 Å². The van der Waals surface area contributed by atoms with Gasteiger partial charge in [0.05, 0.1) is 12.1 Å². The van der Waals surface area contributed by atoms with Crippen molar-refractivity contribution in [2.75, 3.05) is 14.1 Å². The Kier molecular flexibility index (Phi) is 3.15. The molecule has 0 bridgehead atoms.